The lowest BCUT2D eigenvalue weighted by molar-refractivity contribution is -0.127. The molecule has 3 N–H and O–H groups in total. The minimum atomic E-state index is -0.955. The van der Waals surface area contributed by atoms with Gasteiger partial charge in [-0.1, -0.05) is 20.8 Å². The second kappa shape index (κ2) is 8.26. The van der Waals surface area contributed by atoms with Crippen LogP contribution in [-0.4, -0.2) is 33.3 Å². The number of Topliss-reactive ketones (excluding diaryl/α,β-unsaturated/α-hetero) is 1. The number of aromatic hydroxyl groups is 1. The minimum Gasteiger partial charge on any atom is -0.494 e. The number of carbonyl (C=O) groups excluding carboxylic acids is 4. The van der Waals surface area contributed by atoms with Crippen LogP contribution >= 0.6 is 0 Å². The molecule has 0 radical (unpaired) electrons. The molecule has 0 aliphatic heterocycles. The summed E-state index contributed by atoms with van der Waals surface area (Å²) in [4.78, 5) is 49.9. The molecule has 32 heavy (non-hydrogen) atoms. The van der Waals surface area contributed by atoms with Gasteiger partial charge in [0.2, 0.25) is 11.8 Å². The van der Waals surface area contributed by atoms with E-state index in [2.05, 4.69) is 10.6 Å². The van der Waals surface area contributed by atoms with Crippen molar-refractivity contribution in [1.82, 2.24) is 9.88 Å². The van der Waals surface area contributed by atoms with Crippen LogP contribution in [-0.2, 0) is 4.79 Å². The van der Waals surface area contributed by atoms with Crippen LogP contribution in [0.1, 0.15) is 48.4 Å². The van der Waals surface area contributed by atoms with Gasteiger partial charge in [-0.3, -0.25) is 19.7 Å². The Labute approximate surface area is 183 Å². The quantitative estimate of drug-likeness (QED) is 0.532. The number of ketones is 1. The molecule has 0 aliphatic carbocycles. The van der Waals surface area contributed by atoms with Crippen LogP contribution in [0, 0.1) is 11.2 Å². The van der Waals surface area contributed by atoms with Crippen molar-refractivity contribution in [3.05, 3.63) is 59.4 Å². The fraction of sp³-hybridized carbons (Fsp3) is 0.217. The van der Waals surface area contributed by atoms with Crippen molar-refractivity contribution in [3.63, 3.8) is 0 Å². The first-order chi connectivity index (χ1) is 14.9. The van der Waals surface area contributed by atoms with Crippen LogP contribution in [0.2, 0.25) is 0 Å². The number of anilines is 1. The molecule has 0 bridgehead atoms. The first-order valence-electron chi connectivity index (χ1n) is 9.71. The Morgan fingerprint density at radius 1 is 1.00 bits per heavy atom. The molecule has 2 aromatic carbocycles. The molecule has 0 saturated heterocycles. The molecule has 0 unspecified atom stereocenters. The molecule has 0 fully saturated rings. The number of nitrogens with one attached hydrogen (secondary N) is 2. The van der Waals surface area contributed by atoms with Gasteiger partial charge in [0.05, 0.1) is 5.52 Å². The fourth-order valence-electron chi connectivity index (χ4n) is 2.99. The number of aromatic nitrogens is 1. The van der Waals surface area contributed by atoms with E-state index in [1.54, 1.807) is 20.8 Å². The van der Waals surface area contributed by atoms with Crippen LogP contribution in [0.5, 0.6) is 5.88 Å². The van der Waals surface area contributed by atoms with Gasteiger partial charge in [0.1, 0.15) is 11.4 Å². The van der Waals surface area contributed by atoms with Crippen LogP contribution in [0.25, 0.3) is 10.9 Å². The Balaban J connectivity index is 2.13. The van der Waals surface area contributed by atoms with Crippen molar-refractivity contribution < 1.29 is 28.7 Å². The average molecular weight is 439 g/mol. The highest BCUT2D eigenvalue weighted by Gasteiger charge is 2.29. The molecule has 0 spiro atoms. The van der Waals surface area contributed by atoms with E-state index in [9.17, 15) is 28.7 Å². The molecule has 1 aromatic heterocycles. The predicted octanol–water partition coefficient (Wildman–Crippen LogP) is 4.07. The van der Waals surface area contributed by atoms with E-state index in [4.69, 9.17) is 0 Å². The molecule has 0 atom stereocenters. The van der Waals surface area contributed by atoms with Crippen molar-refractivity contribution in [2.24, 2.45) is 5.41 Å². The third-order valence-corrected chi connectivity index (χ3v) is 4.78. The van der Waals surface area contributed by atoms with Gasteiger partial charge >= 0.3 is 6.03 Å². The minimum absolute atomic E-state index is 0.121. The third kappa shape index (κ3) is 4.36. The number of fused-ring (bicyclic) bond motifs is 1. The van der Waals surface area contributed by atoms with E-state index in [-0.39, 0.29) is 33.5 Å². The number of imide groups is 1. The highest BCUT2D eigenvalue weighted by Crippen LogP contribution is 2.33. The Morgan fingerprint density at radius 3 is 2.19 bits per heavy atom. The second-order valence-electron chi connectivity index (χ2n) is 8.29. The van der Waals surface area contributed by atoms with E-state index < -0.39 is 35.0 Å². The van der Waals surface area contributed by atoms with Gasteiger partial charge in [-0.05, 0) is 49.4 Å². The normalized spacial score (nSPS) is 11.3. The lowest BCUT2D eigenvalue weighted by Gasteiger charge is -2.17. The molecule has 3 amide bonds. The topological polar surface area (TPSA) is 118 Å². The summed E-state index contributed by atoms with van der Waals surface area (Å²) < 4.78 is 14.0. The highest BCUT2D eigenvalue weighted by molar-refractivity contribution is 6.18. The Hall–Kier alpha value is -4.01. The summed E-state index contributed by atoms with van der Waals surface area (Å²) in [5.74, 6) is -2.85. The number of nitrogens with zero attached hydrogens (tertiary/aromatic N) is 1. The van der Waals surface area contributed by atoms with Crippen molar-refractivity contribution in [3.8, 4) is 5.88 Å². The SMILES string of the molecule is CC(=O)c1ccc2c(c1)c(C(=O)Nc1ccc(F)cc1)c(O)n2C(=O)NC(=O)C(C)(C)C. The standard InChI is InChI=1S/C23H22FN3O5/c1-12(28)13-5-10-17-16(11-13)18(19(29)25-15-8-6-14(24)7-9-15)20(30)27(17)22(32)26-21(31)23(2,3)4/h5-11,30H,1-4H3,(H,25,29)(H,26,31,32). The van der Waals surface area contributed by atoms with Gasteiger partial charge in [0, 0.05) is 22.1 Å². The summed E-state index contributed by atoms with van der Waals surface area (Å²) in [5.41, 5.74) is -0.510. The lowest BCUT2D eigenvalue weighted by Crippen LogP contribution is -2.41. The summed E-state index contributed by atoms with van der Waals surface area (Å²) >= 11 is 0. The first kappa shape index (κ1) is 22.7. The number of hydrogen-bond donors (Lipinski definition) is 3. The fourth-order valence-corrected chi connectivity index (χ4v) is 2.99. The van der Waals surface area contributed by atoms with Gasteiger partial charge < -0.3 is 10.4 Å². The van der Waals surface area contributed by atoms with Gasteiger partial charge in [0.25, 0.3) is 5.91 Å². The molecule has 3 rings (SSSR count). The maximum Gasteiger partial charge on any atom is 0.335 e. The summed E-state index contributed by atoms with van der Waals surface area (Å²) in [5, 5.41) is 15.7. The summed E-state index contributed by atoms with van der Waals surface area (Å²) in [6, 6.07) is 8.24. The van der Waals surface area contributed by atoms with E-state index in [1.807, 2.05) is 0 Å². The van der Waals surface area contributed by atoms with E-state index >= 15 is 0 Å². The molecule has 0 saturated carbocycles. The Bertz CT molecular complexity index is 1250. The largest absolute Gasteiger partial charge is 0.494 e. The summed E-state index contributed by atoms with van der Waals surface area (Å²) in [7, 11) is 0. The Kier molecular flexibility index (Phi) is 5.85. The number of amides is 3. The van der Waals surface area contributed by atoms with Crippen LogP contribution in [0.15, 0.2) is 42.5 Å². The zero-order valence-electron chi connectivity index (χ0n) is 17.9. The van der Waals surface area contributed by atoms with Crippen molar-refractivity contribution >= 4 is 40.2 Å². The third-order valence-electron chi connectivity index (χ3n) is 4.78. The van der Waals surface area contributed by atoms with Gasteiger partial charge in [-0.25, -0.2) is 13.8 Å². The molecule has 166 valence electrons. The number of halogens is 1. The lowest BCUT2D eigenvalue weighted by atomic mass is 9.96. The molecule has 0 aliphatic rings. The van der Waals surface area contributed by atoms with Crippen LogP contribution < -0.4 is 10.6 Å². The molecule has 1 heterocycles. The highest BCUT2D eigenvalue weighted by atomic mass is 19.1. The molecular weight excluding hydrogens is 417 g/mol. The second-order valence-corrected chi connectivity index (χ2v) is 8.29. The van der Waals surface area contributed by atoms with Crippen LogP contribution in [0.3, 0.4) is 0 Å². The molecule has 9 heteroatoms. The Morgan fingerprint density at radius 2 is 1.62 bits per heavy atom. The predicted molar refractivity (Wildman–Crippen MR) is 116 cm³/mol. The van der Waals surface area contributed by atoms with Crippen molar-refractivity contribution in [2.75, 3.05) is 5.32 Å². The molecule has 8 nitrogen and oxygen atoms in total. The first-order valence-corrected chi connectivity index (χ1v) is 9.71. The average Bonchev–Trinajstić information content (AvgIpc) is 2.99. The van der Waals surface area contributed by atoms with Crippen molar-refractivity contribution in [2.45, 2.75) is 27.7 Å². The monoisotopic (exact) mass is 439 g/mol. The van der Waals surface area contributed by atoms with E-state index in [0.717, 1.165) is 16.7 Å². The molecule has 3 aromatic rings. The van der Waals surface area contributed by atoms with Gasteiger partial charge in [-0.15, -0.1) is 0 Å². The van der Waals surface area contributed by atoms with Gasteiger partial charge in [0.15, 0.2) is 5.78 Å². The maximum absolute atomic E-state index is 13.2. The zero-order chi connectivity index (χ0) is 23.8. The molecular formula is C23H22FN3O5. The maximum atomic E-state index is 13.2. The number of benzene rings is 2. The van der Waals surface area contributed by atoms with E-state index in [1.165, 1.54) is 37.3 Å². The van der Waals surface area contributed by atoms with E-state index in [0.29, 0.717) is 0 Å². The number of hydrogen-bond acceptors (Lipinski definition) is 5. The zero-order valence-corrected chi connectivity index (χ0v) is 17.9. The van der Waals surface area contributed by atoms with Crippen molar-refractivity contribution in [1.29, 1.82) is 0 Å². The smallest absolute Gasteiger partial charge is 0.335 e. The van der Waals surface area contributed by atoms with Gasteiger partial charge in [-0.2, -0.15) is 0 Å². The summed E-state index contributed by atoms with van der Waals surface area (Å²) in [6.07, 6.45) is 0. The van der Waals surface area contributed by atoms with Crippen LogP contribution in [0.4, 0.5) is 14.9 Å². The number of rotatable bonds is 3. The number of carbonyl (C=O) groups is 4. The summed E-state index contributed by atoms with van der Waals surface area (Å²) in [6.45, 7) is 6.18.